The largest absolute Gasteiger partial charge is 0.381 e. The number of nitrogens with zero attached hydrogens (tertiary/aromatic N) is 1. The third kappa shape index (κ3) is 2.20. The van der Waals surface area contributed by atoms with Crippen molar-refractivity contribution in [3.05, 3.63) is 26.0 Å². The van der Waals surface area contributed by atoms with Gasteiger partial charge in [-0.1, -0.05) is 0 Å². The van der Waals surface area contributed by atoms with Crippen molar-refractivity contribution in [2.75, 3.05) is 32.5 Å². The molecule has 1 aromatic carbocycles. The first-order valence-corrected chi connectivity index (χ1v) is 4.72. The lowest BCUT2D eigenvalue weighted by molar-refractivity contribution is 0.405. The zero-order valence-electron chi connectivity index (χ0n) is 8.89. The molecule has 1 N–H and O–H groups in total. The number of hydrogen-bond acceptors (Lipinski definition) is 4. The summed E-state index contributed by atoms with van der Waals surface area (Å²) in [5, 5.41) is 2.99. The van der Waals surface area contributed by atoms with Gasteiger partial charge in [0.25, 0.3) is 0 Å². The first-order valence-electron chi connectivity index (χ1n) is 4.72. The molecule has 0 radical (unpaired) electrons. The summed E-state index contributed by atoms with van der Waals surface area (Å²) < 4.78 is 0. The monoisotopic (exact) mass is 196 g/mol. The molecular formula is C10H16N2O2. The number of rotatable bonds is 5. The number of nitrogens with one attached hydrogen (secondary N) is 1. The molecule has 0 bridgehead atoms. The van der Waals surface area contributed by atoms with Crippen LogP contribution >= 0.6 is 0 Å². The zero-order valence-corrected chi connectivity index (χ0v) is 8.89. The van der Waals surface area contributed by atoms with E-state index in [2.05, 4.69) is 10.2 Å². The summed E-state index contributed by atoms with van der Waals surface area (Å²) in [5.74, 6) is 0. The summed E-state index contributed by atoms with van der Waals surface area (Å²) in [6.07, 6.45) is 0.964. The normalized spacial score (nSPS) is 11.1. The maximum atomic E-state index is 11.0. The topological polar surface area (TPSA) is 49.4 Å². The molecule has 0 spiro atoms. The van der Waals surface area contributed by atoms with Crippen LogP contribution in [0.1, 0.15) is 12.0 Å². The minimum Gasteiger partial charge on any atom is -0.381 e. The second-order valence-electron chi connectivity index (χ2n) is 3.74. The predicted molar refractivity (Wildman–Crippen MR) is 57.8 cm³/mol. The average Bonchev–Trinajstić information content (AvgIpc) is 2.15. The van der Waals surface area contributed by atoms with E-state index in [0.717, 1.165) is 19.5 Å². The van der Waals surface area contributed by atoms with Crippen LogP contribution < -0.4 is 16.2 Å². The molecular weight excluding hydrogens is 180 g/mol. The Morgan fingerprint density at radius 3 is 2.36 bits per heavy atom. The SMILES string of the molecule is Cc1c(NCCCN(C)C)c(=O)c1=O. The van der Waals surface area contributed by atoms with Crippen LogP contribution in [-0.2, 0) is 0 Å². The number of hydrogen-bond donors (Lipinski definition) is 1. The Morgan fingerprint density at radius 2 is 1.86 bits per heavy atom. The fraction of sp³-hybridized carbons (Fsp3) is 0.600. The Labute approximate surface area is 83.2 Å². The van der Waals surface area contributed by atoms with Crippen LogP contribution in [0.5, 0.6) is 0 Å². The van der Waals surface area contributed by atoms with Crippen molar-refractivity contribution in [3.63, 3.8) is 0 Å². The molecule has 0 unspecified atom stereocenters. The summed E-state index contributed by atoms with van der Waals surface area (Å²) in [7, 11) is 4.01. The van der Waals surface area contributed by atoms with E-state index in [1.807, 2.05) is 14.1 Å². The molecule has 4 heteroatoms. The Kier molecular flexibility index (Phi) is 3.41. The van der Waals surface area contributed by atoms with E-state index in [-0.39, 0.29) is 10.9 Å². The van der Waals surface area contributed by atoms with Crippen molar-refractivity contribution in [2.45, 2.75) is 13.3 Å². The van der Waals surface area contributed by atoms with Crippen LogP contribution in [0.3, 0.4) is 0 Å². The van der Waals surface area contributed by atoms with Gasteiger partial charge in [0.05, 0.1) is 5.69 Å². The minimum atomic E-state index is -0.368. The van der Waals surface area contributed by atoms with Crippen molar-refractivity contribution < 1.29 is 0 Å². The number of anilines is 1. The molecule has 0 aliphatic rings. The van der Waals surface area contributed by atoms with E-state index in [1.165, 1.54) is 0 Å². The highest BCUT2D eigenvalue weighted by atomic mass is 16.2. The van der Waals surface area contributed by atoms with Crippen molar-refractivity contribution in [2.24, 2.45) is 0 Å². The molecule has 1 aromatic rings. The molecule has 0 saturated carbocycles. The van der Waals surface area contributed by atoms with Gasteiger partial charge in [0.2, 0.25) is 10.9 Å². The first kappa shape index (κ1) is 10.9. The zero-order chi connectivity index (χ0) is 10.7. The Hall–Kier alpha value is -1.16. The predicted octanol–water partition coefficient (Wildman–Crippen LogP) is -0.0454. The van der Waals surface area contributed by atoms with Crippen LogP contribution in [0.4, 0.5) is 5.69 Å². The van der Waals surface area contributed by atoms with E-state index in [4.69, 9.17) is 0 Å². The molecule has 1 rings (SSSR count). The second-order valence-corrected chi connectivity index (χ2v) is 3.74. The lowest BCUT2D eigenvalue weighted by Gasteiger charge is -2.12. The van der Waals surface area contributed by atoms with Gasteiger partial charge in [0.15, 0.2) is 0 Å². The first-order chi connectivity index (χ1) is 6.54. The molecule has 4 nitrogen and oxygen atoms in total. The van der Waals surface area contributed by atoms with Crippen LogP contribution in [-0.4, -0.2) is 32.1 Å². The van der Waals surface area contributed by atoms with E-state index >= 15 is 0 Å². The molecule has 0 aromatic heterocycles. The molecule has 0 amide bonds. The van der Waals surface area contributed by atoms with Gasteiger partial charge in [-0.05, 0) is 34.0 Å². The van der Waals surface area contributed by atoms with Crippen molar-refractivity contribution >= 4 is 5.69 Å². The highest BCUT2D eigenvalue weighted by Gasteiger charge is 2.15. The molecule has 0 saturated heterocycles. The molecule has 0 aliphatic carbocycles. The van der Waals surface area contributed by atoms with Gasteiger partial charge in [-0.3, -0.25) is 9.59 Å². The van der Waals surface area contributed by atoms with E-state index in [9.17, 15) is 9.59 Å². The maximum absolute atomic E-state index is 11.0. The molecule has 14 heavy (non-hydrogen) atoms. The van der Waals surface area contributed by atoms with Crippen LogP contribution in [0.25, 0.3) is 0 Å². The quantitative estimate of drug-likeness (QED) is 0.530. The van der Waals surface area contributed by atoms with Crippen molar-refractivity contribution in [3.8, 4) is 0 Å². The molecule has 0 atom stereocenters. The lowest BCUT2D eigenvalue weighted by Crippen LogP contribution is -2.37. The van der Waals surface area contributed by atoms with E-state index in [1.54, 1.807) is 6.92 Å². The average molecular weight is 196 g/mol. The van der Waals surface area contributed by atoms with E-state index < -0.39 is 0 Å². The summed E-state index contributed by atoms with van der Waals surface area (Å²) in [6, 6.07) is 0. The molecule has 0 aliphatic heterocycles. The Balaban J connectivity index is 2.34. The fourth-order valence-electron chi connectivity index (χ4n) is 1.33. The highest BCUT2D eigenvalue weighted by molar-refractivity contribution is 5.55. The third-order valence-electron chi connectivity index (χ3n) is 2.23. The molecule has 0 fully saturated rings. The van der Waals surface area contributed by atoms with Crippen LogP contribution in [0.15, 0.2) is 9.59 Å². The van der Waals surface area contributed by atoms with Crippen LogP contribution in [0, 0.1) is 6.92 Å². The minimum absolute atomic E-state index is 0.347. The molecule has 0 heterocycles. The fourth-order valence-corrected chi connectivity index (χ4v) is 1.33. The highest BCUT2D eigenvalue weighted by Crippen LogP contribution is 2.04. The van der Waals surface area contributed by atoms with Gasteiger partial charge in [0.1, 0.15) is 0 Å². The van der Waals surface area contributed by atoms with Gasteiger partial charge in [-0.15, -0.1) is 0 Å². The van der Waals surface area contributed by atoms with Gasteiger partial charge < -0.3 is 10.2 Å². The summed E-state index contributed by atoms with van der Waals surface area (Å²) in [6.45, 7) is 3.39. The van der Waals surface area contributed by atoms with Gasteiger partial charge in [0, 0.05) is 12.1 Å². The summed E-state index contributed by atoms with van der Waals surface area (Å²) in [5.41, 5.74) is 0.362. The third-order valence-corrected chi connectivity index (χ3v) is 2.23. The van der Waals surface area contributed by atoms with Crippen molar-refractivity contribution in [1.82, 2.24) is 4.90 Å². The standard InChI is InChI=1S/C10H16N2O2/c1-7-8(10(14)9(7)13)11-5-4-6-12(2)3/h11H,4-6H2,1-3H3. The van der Waals surface area contributed by atoms with E-state index in [0.29, 0.717) is 11.3 Å². The smallest absolute Gasteiger partial charge is 0.249 e. The van der Waals surface area contributed by atoms with Gasteiger partial charge >= 0.3 is 0 Å². The van der Waals surface area contributed by atoms with Gasteiger partial charge in [-0.25, -0.2) is 0 Å². The summed E-state index contributed by atoms with van der Waals surface area (Å²) >= 11 is 0. The molecule has 78 valence electrons. The Morgan fingerprint density at radius 1 is 1.21 bits per heavy atom. The summed E-state index contributed by atoms with van der Waals surface area (Å²) in [4.78, 5) is 24.0. The van der Waals surface area contributed by atoms with Crippen LogP contribution in [0.2, 0.25) is 0 Å². The van der Waals surface area contributed by atoms with Gasteiger partial charge in [-0.2, -0.15) is 0 Å². The second kappa shape index (κ2) is 4.37. The lowest BCUT2D eigenvalue weighted by atomic mass is 10.1. The maximum Gasteiger partial charge on any atom is 0.249 e. The van der Waals surface area contributed by atoms with Crippen molar-refractivity contribution in [1.29, 1.82) is 0 Å². The Bertz CT molecular complexity index is 375.